The molecule has 12 heteroatoms. The summed E-state index contributed by atoms with van der Waals surface area (Å²) in [6.07, 6.45) is -0.913. The van der Waals surface area contributed by atoms with Gasteiger partial charge in [-0.1, -0.05) is 6.07 Å². The predicted molar refractivity (Wildman–Crippen MR) is 142 cm³/mol. The van der Waals surface area contributed by atoms with Crippen LogP contribution in [0.5, 0.6) is 0 Å². The number of halogens is 3. The molecule has 1 amide bonds. The summed E-state index contributed by atoms with van der Waals surface area (Å²) >= 11 is 0. The van der Waals surface area contributed by atoms with Crippen molar-refractivity contribution in [3.63, 3.8) is 0 Å². The summed E-state index contributed by atoms with van der Waals surface area (Å²) in [6, 6.07) is 14.8. The van der Waals surface area contributed by atoms with Gasteiger partial charge >= 0.3 is 6.18 Å². The zero-order chi connectivity index (χ0) is 27.8. The van der Waals surface area contributed by atoms with Crippen LogP contribution in [0.4, 0.5) is 13.2 Å². The zero-order valence-electron chi connectivity index (χ0n) is 20.8. The van der Waals surface area contributed by atoms with E-state index in [9.17, 15) is 27.3 Å². The van der Waals surface area contributed by atoms with Crippen LogP contribution in [0.3, 0.4) is 0 Å². The van der Waals surface area contributed by atoms with Crippen LogP contribution in [0.1, 0.15) is 28.0 Å². The van der Waals surface area contributed by atoms with Gasteiger partial charge in [-0.3, -0.25) is 19.0 Å². The second-order valence-electron chi connectivity index (χ2n) is 9.07. The topological polar surface area (TPSA) is 102 Å². The number of hydrogen-bond acceptors (Lipinski definition) is 5. The van der Waals surface area contributed by atoms with Crippen LogP contribution in [-0.4, -0.2) is 46.9 Å². The molecule has 1 atom stereocenters. The fourth-order valence-electron chi connectivity index (χ4n) is 4.45. The number of aromatic nitrogens is 4. The van der Waals surface area contributed by atoms with Crippen molar-refractivity contribution < 1.29 is 27.3 Å². The number of nitrogens with zero attached hydrogens (tertiary/aromatic N) is 5. The van der Waals surface area contributed by atoms with Crippen LogP contribution in [0.2, 0.25) is 0 Å². The van der Waals surface area contributed by atoms with Crippen molar-refractivity contribution in [2.24, 2.45) is 11.4 Å². The van der Waals surface area contributed by atoms with Crippen LogP contribution in [-0.2, 0) is 28.7 Å². The fourth-order valence-corrected chi connectivity index (χ4v) is 6.37. The van der Waals surface area contributed by atoms with E-state index >= 15 is 0 Å². The maximum Gasteiger partial charge on any atom is 0.416 e. The summed E-state index contributed by atoms with van der Waals surface area (Å²) in [6.45, 7) is -0.189. The number of pyridine rings is 1. The molecule has 202 valence electrons. The predicted octanol–water partition coefficient (Wildman–Crippen LogP) is 5.12. The van der Waals surface area contributed by atoms with Gasteiger partial charge in [-0.15, -0.1) is 0 Å². The van der Waals surface area contributed by atoms with Gasteiger partial charge in [-0.25, -0.2) is 4.21 Å². The number of hydrogen-bond donors (Lipinski definition) is 1. The van der Waals surface area contributed by atoms with Crippen LogP contribution >= 0.6 is 0 Å². The lowest BCUT2D eigenvalue weighted by molar-refractivity contribution is -0.137. The van der Waals surface area contributed by atoms with E-state index in [0.717, 1.165) is 12.1 Å². The van der Waals surface area contributed by atoms with Gasteiger partial charge in [-0.2, -0.15) is 22.6 Å². The average molecular weight is 556 g/mol. The largest absolute Gasteiger partial charge is 0.416 e. The summed E-state index contributed by atoms with van der Waals surface area (Å²) < 4.78 is 60.3. The molecule has 0 aliphatic rings. The molecule has 8 nitrogen and oxygen atoms in total. The van der Waals surface area contributed by atoms with Gasteiger partial charge in [0.15, 0.2) is 5.65 Å². The Hall–Kier alpha value is -4.03. The first-order chi connectivity index (χ1) is 18.6. The highest BCUT2D eigenvalue weighted by molar-refractivity contribution is 7.93. The second kappa shape index (κ2) is 10.3. The highest BCUT2D eigenvalue weighted by atomic mass is 32.2. The maximum absolute atomic E-state index is 13.6. The van der Waals surface area contributed by atoms with Crippen LogP contribution in [0.15, 0.2) is 77.4 Å². The van der Waals surface area contributed by atoms with Gasteiger partial charge in [0.2, 0.25) is 0 Å². The molecule has 5 aromatic rings. The lowest BCUT2D eigenvalue weighted by atomic mass is 10.1. The maximum atomic E-state index is 13.6. The van der Waals surface area contributed by atoms with Crippen molar-refractivity contribution in [1.29, 1.82) is 0 Å². The normalized spacial score (nSPS) is 13.6. The van der Waals surface area contributed by atoms with E-state index in [4.69, 9.17) is 0 Å². The molecule has 0 unspecified atom stereocenters. The second-order valence-corrected chi connectivity index (χ2v) is 11.5. The molecule has 0 radical (unpaired) electrons. The summed E-state index contributed by atoms with van der Waals surface area (Å²) in [5.41, 5.74) is 1.60. The number of fused-ring (bicyclic) bond motifs is 3. The Bertz CT molecular complexity index is 1790. The number of alkyl halides is 3. The number of amides is 1. The molecule has 5 rings (SSSR count). The van der Waals surface area contributed by atoms with Gasteiger partial charge in [0.1, 0.15) is 0 Å². The van der Waals surface area contributed by atoms with E-state index in [0.29, 0.717) is 33.3 Å². The minimum absolute atomic E-state index is 0.0288. The number of benzene rings is 2. The lowest BCUT2D eigenvalue weighted by Gasteiger charge is -2.10. The molecular weight excluding hydrogens is 531 g/mol. The Kier molecular flexibility index (Phi) is 7.00. The van der Waals surface area contributed by atoms with Crippen molar-refractivity contribution in [3.05, 3.63) is 89.9 Å². The fraction of sp³-hybridized carbons (Fsp3) is 0.222. The smallest absolute Gasteiger partial charge is 0.396 e. The van der Waals surface area contributed by atoms with Crippen molar-refractivity contribution in [2.45, 2.75) is 18.3 Å². The van der Waals surface area contributed by atoms with Gasteiger partial charge in [0.05, 0.1) is 32.3 Å². The third kappa shape index (κ3) is 5.43. The minimum Gasteiger partial charge on any atom is -0.396 e. The van der Waals surface area contributed by atoms with E-state index in [1.54, 1.807) is 65.1 Å². The molecule has 0 spiro atoms. The summed E-state index contributed by atoms with van der Waals surface area (Å²) in [4.78, 5) is 17.4. The molecule has 0 fully saturated rings. The molecule has 3 aromatic heterocycles. The molecule has 3 heterocycles. The molecule has 0 saturated heterocycles. The van der Waals surface area contributed by atoms with E-state index in [2.05, 4.69) is 14.4 Å². The lowest BCUT2D eigenvalue weighted by Crippen LogP contribution is -2.14. The van der Waals surface area contributed by atoms with Crippen LogP contribution in [0.25, 0.3) is 27.6 Å². The third-order valence-electron chi connectivity index (χ3n) is 6.22. The quantitative estimate of drug-likeness (QED) is 0.300. The van der Waals surface area contributed by atoms with Gasteiger partial charge in [0.25, 0.3) is 5.91 Å². The summed E-state index contributed by atoms with van der Waals surface area (Å²) in [5, 5.41) is 15.1. The van der Waals surface area contributed by atoms with E-state index in [1.165, 1.54) is 12.1 Å². The molecule has 1 N–H and O–H groups in total. The third-order valence-corrected chi connectivity index (χ3v) is 8.39. The van der Waals surface area contributed by atoms with E-state index in [-0.39, 0.29) is 30.1 Å². The summed E-state index contributed by atoms with van der Waals surface area (Å²) in [7, 11) is -1.33. The van der Waals surface area contributed by atoms with Crippen molar-refractivity contribution >= 4 is 37.6 Å². The first kappa shape index (κ1) is 26.6. The minimum atomic E-state index is -4.46. The highest BCUT2D eigenvalue weighted by Crippen LogP contribution is 2.34. The number of carbonyl (C=O) groups is 1. The average Bonchev–Trinajstić information content (AvgIpc) is 3.42. The molecule has 39 heavy (non-hydrogen) atoms. The Balaban J connectivity index is 1.58. The van der Waals surface area contributed by atoms with E-state index in [1.807, 2.05) is 0 Å². The van der Waals surface area contributed by atoms with Crippen molar-refractivity contribution in [3.8, 4) is 5.69 Å². The first-order valence-corrected chi connectivity index (χ1v) is 13.9. The number of carbonyl (C=O) groups excluding carboxylic acids is 1. The zero-order valence-corrected chi connectivity index (χ0v) is 21.6. The van der Waals surface area contributed by atoms with Gasteiger partial charge < -0.3 is 5.11 Å². The monoisotopic (exact) mass is 555 g/mol. The van der Waals surface area contributed by atoms with Crippen molar-refractivity contribution in [1.82, 2.24) is 19.3 Å². The van der Waals surface area contributed by atoms with E-state index < -0.39 is 27.4 Å². The number of aliphatic hydroxyl groups is 1. The highest BCUT2D eigenvalue weighted by Gasteiger charge is 2.30. The van der Waals surface area contributed by atoms with Crippen LogP contribution in [0, 0.1) is 0 Å². The SMILES string of the molecule is Cn1cc2c3cc(C(=O)N=[S@@](=O)(CCCO)Cc4ccccn4)ccc3n(-c3ccc(C(F)(F)F)cc3)c2n1. The summed E-state index contributed by atoms with van der Waals surface area (Å²) in [5.74, 6) is -0.667. The van der Waals surface area contributed by atoms with Crippen molar-refractivity contribution in [2.75, 3.05) is 12.4 Å². The standard InChI is InChI=1S/C27H24F3N5O3S/c1-34-16-23-22-15-18(26(37)33-39(38,14-4-13-36)17-20-5-2-3-12-31-20)6-11-24(22)35(25(23)32-34)21-9-7-19(8-10-21)27(28,29)30/h2-3,5-12,15-16,36H,4,13-14,17H2,1H3/t39-/m1/s1. The van der Waals surface area contributed by atoms with Gasteiger partial charge in [0, 0.05) is 53.8 Å². The number of aliphatic hydroxyl groups excluding tert-OH is 1. The number of rotatable bonds is 7. The molecule has 0 aliphatic heterocycles. The Morgan fingerprint density at radius 3 is 2.51 bits per heavy atom. The number of aryl methyl sites for hydroxylation is 1. The molecular formula is C27H24F3N5O3S. The van der Waals surface area contributed by atoms with Crippen LogP contribution < -0.4 is 0 Å². The molecule has 0 saturated carbocycles. The molecule has 0 aliphatic carbocycles. The first-order valence-electron chi connectivity index (χ1n) is 12.0. The Labute approximate surface area is 221 Å². The molecule has 0 bridgehead atoms. The Morgan fingerprint density at radius 2 is 1.85 bits per heavy atom. The Morgan fingerprint density at radius 1 is 1.08 bits per heavy atom. The molecule has 2 aromatic carbocycles. The van der Waals surface area contributed by atoms with Gasteiger partial charge in [-0.05, 0) is 61.0 Å².